The Balaban J connectivity index is 1.60. The summed E-state index contributed by atoms with van der Waals surface area (Å²) in [5.41, 5.74) is 4.47. The molecule has 2 heterocycles. The van der Waals surface area contributed by atoms with E-state index >= 15 is 0 Å². The van der Waals surface area contributed by atoms with Crippen molar-refractivity contribution >= 4 is 17.4 Å². The molecule has 33 heavy (non-hydrogen) atoms. The monoisotopic (exact) mass is 443 g/mol. The van der Waals surface area contributed by atoms with Crippen molar-refractivity contribution < 1.29 is 9.72 Å². The molecular weight excluding hydrogens is 418 g/mol. The highest BCUT2D eigenvalue weighted by Gasteiger charge is 2.37. The van der Waals surface area contributed by atoms with Gasteiger partial charge in [0.1, 0.15) is 6.04 Å². The summed E-state index contributed by atoms with van der Waals surface area (Å²) >= 11 is 0. The van der Waals surface area contributed by atoms with E-state index in [9.17, 15) is 14.9 Å². The molecule has 0 spiro atoms. The number of benzene rings is 2. The molecule has 0 saturated heterocycles. The standard InChI is InChI=1S/C25H25N5O3/c1-25(2,3)17-11-7-16(8-12-17)23-27-24-26-19-5-4-6-20(31)21(19)22(29(24)28-23)15-9-13-18(14-10-15)30(32)33/h7-14,22H,4-6H2,1-3H3,(H,26,27,28). The van der Waals surface area contributed by atoms with E-state index in [1.54, 1.807) is 16.8 Å². The first-order valence-corrected chi connectivity index (χ1v) is 11.1. The molecule has 2 aromatic carbocycles. The zero-order valence-corrected chi connectivity index (χ0v) is 18.8. The lowest BCUT2D eigenvalue weighted by molar-refractivity contribution is -0.384. The average molecular weight is 444 g/mol. The molecular formula is C25H25N5O3. The average Bonchev–Trinajstić information content (AvgIpc) is 3.21. The van der Waals surface area contributed by atoms with E-state index in [-0.39, 0.29) is 16.9 Å². The number of carbonyl (C=O) groups is 1. The highest BCUT2D eigenvalue weighted by molar-refractivity contribution is 5.99. The Morgan fingerprint density at radius 3 is 2.39 bits per heavy atom. The van der Waals surface area contributed by atoms with Crippen LogP contribution in [-0.2, 0) is 10.2 Å². The van der Waals surface area contributed by atoms with Crippen LogP contribution >= 0.6 is 0 Å². The Morgan fingerprint density at radius 1 is 1.06 bits per heavy atom. The van der Waals surface area contributed by atoms with Gasteiger partial charge in [-0.3, -0.25) is 14.9 Å². The minimum absolute atomic E-state index is 0.00954. The third-order valence-electron chi connectivity index (χ3n) is 6.30. The maximum Gasteiger partial charge on any atom is 0.269 e. The van der Waals surface area contributed by atoms with Crippen molar-refractivity contribution in [3.05, 3.63) is 81.0 Å². The van der Waals surface area contributed by atoms with Crippen LogP contribution in [0.15, 0.2) is 59.8 Å². The Bertz CT molecular complexity index is 1280. The maximum atomic E-state index is 12.9. The number of hydrogen-bond acceptors (Lipinski definition) is 6. The van der Waals surface area contributed by atoms with Gasteiger partial charge in [-0.15, -0.1) is 5.10 Å². The van der Waals surface area contributed by atoms with Gasteiger partial charge in [-0.05, 0) is 41.5 Å². The number of anilines is 1. The summed E-state index contributed by atoms with van der Waals surface area (Å²) in [4.78, 5) is 28.4. The number of hydrogen-bond donors (Lipinski definition) is 1. The molecule has 5 rings (SSSR count). The molecule has 1 aliphatic heterocycles. The molecule has 168 valence electrons. The number of Topliss-reactive ketones (excluding diaryl/α,β-unsaturated/α-hetero) is 1. The first-order valence-electron chi connectivity index (χ1n) is 11.1. The second-order valence-corrected chi connectivity index (χ2v) is 9.58. The van der Waals surface area contributed by atoms with Crippen molar-refractivity contribution in [2.24, 2.45) is 0 Å². The van der Waals surface area contributed by atoms with Crippen LogP contribution in [0, 0.1) is 10.1 Å². The summed E-state index contributed by atoms with van der Waals surface area (Å²) in [5.74, 6) is 1.21. The van der Waals surface area contributed by atoms with E-state index in [0.29, 0.717) is 23.8 Å². The normalized spacial score (nSPS) is 17.9. The summed E-state index contributed by atoms with van der Waals surface area (Å²) in [7, 11) is 0. The number of nitro benzene ring substituents is 1. The predicted molar refractivity (Wildman–Crippen MR) is 125 cm³/mol. The van der Waals surface area contributed by atoms with Gasteiger partial charge in [-0.25, -0.2) is 4.68 Å². The lowest BCUT2D eigenvalue weighted by Crippen LogP contribution is -2.31. The Morgan fingerprint density at radius 2 is 1.76 bits per heavy atom. The van der Waals surface area contributed by atoms with Crippen LogP contribution in [-0.4, -0.2) is 25.5 Å². The minimum atomic E-state index is -0.472. The third-order valence-corrected chi connectivity index (χ3v) is 6.30. The van der Waals surface area contributed by atoms with Gasteiger partial charge in [0, 0.05) is 35.4 Å². The molecule has 8 heteroatoms. The number of nitro groups is 1. The fourth-order valence-corrected chi connectivity index (χ4v) is 4.48. The molecule has 0 bridgehead atoms. The van der Waals surface area contributed by atoms with Gasteiger partial charge in [0.05, 0.1) is 4.92 Å². The molecule has 0 saturated carbocycles. The van der Waals surface area contributed by atoms with E-state index in [0.717, 1.165) is 29.7 Å². The lowest BCUT2D eigenvalue weighted by atomic mass is 9.85. The van der Waals surface area contributed by atoms with Crippen LogP contribution in [0.3, 0.4) is 0 Å². The molecule has 2 aliphatic rings. The lowest BCUT2D eigenvalue weighted by Gasteiger charge is -2.32. The number of rotatable bonds is 3. The fraction of sp³-hybridized carbons (Fsp3) is 0.320. The first-order chi connectivity index (χ1) is 15.7. The molecule has 1 atom stereocenters. The summed E-state index contributed by atoms with van der Waals surface area (Å²) in [5, 5.41) is 19.2. The van der Waals surface area contributed by atoms with Crippen LogP contribution in [0.2, 0.25) is 0 Å². The summed E-state index contributed by atoms with van der Waals surface area (Å²) in [6.07, 6.45) is 2.02. The van der Waals surface area contributed by atoms with Crippen LogP contribution in [0.4, 0.5) is 11.6 Å². The van der Waals surface area contributed by atoms with Gasteiger partial charge in [0.15, 0.2) is 11.6 Å². The molecule has 1 aromatic heterocycles. The van der Waals surface area contributed by atoms with Crippen molar-refractivity contribution in [1.82, 2.24) is 14.8 Å². The Labute approximate surface area is 191 Å². The molecule has 0 radical (unpaired) electrons. The van der Waals surface area contributed by atoms with Crippen LogP contribution in [0.5, 0.6) is 0 Å². The Hall–Kier alpha value is -3.81. The zero-order chi connectivity index (χ0) is 23.3. The number of ketones is 1. The van der Waals surface area contributed by atoms with Crippen molar-refractivity contribution in [1.29, 1.82) is 0 Å². The molecule has 8 nitrogen and oxygen atoms in total. The molecule has 1 N–H and O–H groups in total. The van der Waals surface area contributed by atoms with E-state index in [2.05, 4.69) is 38.2 Å². The Kier molecular flexibility index (Phi) is 4.88. The third kappa shape index (κ3) is 3.71. The number of nitrogens with one attached hydrogen (secondary N) is 1. The van der Waals surface area contributed by atoms with Gasteiger partial charge >= 0.3 is 0 Å². The molecule has 3 aromatic rings. The fourth-order valence-electron chi connectivity index (χ4n) is 4.48. The van der Waals surface area contributed by atoms with Gasteiger partial charge in [0.25, 0.3) is 5.69 Å². The number of aromatic nitrogens is 3. The van der Waals surface area contributed by atoms with Crippen LogP contribution in [0.25, 0.3) is 11.4 Å². The van der Waals surface area contributed by atoms with Crippen molar-refractivity contribution in [3.8, 4) is 11.4 Å². The van der Waals surface area contributed by atoms with Gasteiger partial charge in [-0.2, -0.15) is 4.98 Å². The summed E-state index contributed by atoms with van der Waals surface area (Å²) in [6.45, 7) is 6.50. The number of allylic oxidation sites excluding steroid dienone is 2. The van der Waals surface area contributed by atoms with E-state index in [1.807, 2.05) is 12.1 Å². The van der Waals surface area contributed by atoms with Crippen molar-refractivity contribution in [2.75, 3.05) is 5.32 Å². The number of nitrogens with zero attached hydrogens (tertiary/aromatic N) is 4. The maximum absolute atomic E-state index is 12.9. The number of fused-ring (bicyclic) bond motifs is 1. The largest absolute Gasteiger partial charge is 0.328 e. The molecule has 0 fully saturated rings. The quantitative estimate of drug-likeness (QED) is 0.442. The number of carbonyl (C=O) groups excluding carboxylic acids is 1. The SMILES string of the molecule is CC(C)(C)c1ccc(-c2nc3n(n2)C(c2ccc([N+](=O)[O-])cc2)C2=C(CCCC2=O)N3)cc1. The van der Waals surface area contributed by atoms with E-state index in [1.165, 1.54) is 17.7 Å². The second-order valence-electron chi connectivity index (χ2n) is 9.58. The van der Waals surface area contributed by atoms with Crippen LogP contribution in [0.1, 0.15) is 57.2 Å². The van der Waals surface area contributed by atoms with E-state index in [4.69, 9.17) is 10.1 Å². The highest BCUT2D eigenvalue weighted by atomic mass is 16.6. The summed E-state index contributed by atoms with van der Waals surface area (Å²) in [6, 6.07) is 14.1. The van der Waals surface area contributed by atoms with Crippen LogP contribution < -0.4 is 5.32 Å². The van der Waals surface area contributed by atoms with E-state index < -0.39 is 11.0 Å². The molecule has 0 amide bonds. The smallest absolute Gasteiger partial charge is 0.269 e. The van der Waals surface area contributed by atoms with Crippen molar-refractivity contribution in [2.45, 2.75) is 51.5 Å². The predicted octanol–water partition coefficient (Wildman–Crippen LogP) is 5.17. The molecule has 1 unspecified atom stereocenters. The van der Waals surface area contributed by atoms with Gasteiger partial charge in [0.2, 0.25) is 5.95 Å². The summed E-state index contributed by atoms with van der Waals surface area (Å²) < 4.78 is 1.73. The van der Waals surface area contributed by atoms with Crippen molar-refractivity contribution in [3.63, 3.8) is 0 Å². The first kappa shape index (κ1) is 21.1. The highest BCUT2D eigenvalue weighted by Crippen LogP contribution is 2.41. The zero-order valence-electron chi connectivity index (χ0n) is 18.8. The second kappa shape index (κ2) is 7.65. The minimum Gasteiger partial charge on any atom is -0.328 e. The number of non-ortho nitro benzene ring substituents is 1. The van der Waals surface area contributed by atoms with Gasteiger partial charge < -0.3 is 5.32 Å². The molecule has 1 aliphatic carbocycles. The topological polar surface area (TPSA) is 103 Å². The van der Waals surface area contributed by atoms with Gasteiger partial charge in [-0.1, -0.05) is 45.0 Å².